The van der Waals surface area contributed by atoms with Crippen molar-refractivity contribution < 1.29 is 19.1 Å². The van der Waals surface area contributed by atoms with Crippen molar-refractivity contribution >= 4 is 29.2 Å². The van der Waals surface area contributed by atoms with E-state index in [4.69, 9.17) is 4.74 Å². The Morgan fingerprint density at radius 3 is 2.59 bits per heavy atom. The fraction of sp³-hybridized carbons (Fsp3) is 0.429. The summed E-state index contributed by atoms with van der Waals surface area (Å²) in [6.45, 7) is 3.46. The molecule has 154 valence electrons. The van der Waals surface area contributed by atoms with Crippen LogP contribution in [0.2, 0.25) is 0 Å². The number of urea groups is 1. The van der Waals surface area contributed by atoms with Gasteiger partial charge in [-0.3, -0.25) is 14.9 Å². The highest BCUT2D eigenvalue weighted by atomic mass is 32.1. The monoisotopic (exact) mass is 415 g/mol. The molecule has 0 aliphatic heterocycles. The van der Waals surface area contributed by atoms with Gasteiger partial charge in [0, 0.05) is 17.0 Å². The third-order valence-corrected chi connectivity index (χ3v) is 5.72. The molecule has 1 saturated carbocycles. The van der Waals surface area contributed by atoms with Gasteiger partial charge in [0.15, 0.2) is 6.10 Å². The number of carbonyl (C=O) groups excluding carboxylic acids is 3. The van der Waals surface area contributed by atoms with Gasteiger partial charge >= 0.3 is 12.0 Å². The van der Waals surface area contributed by atoms with Crippen molar-refractivity contribution in [2.75, 3.05) is 0 Å². The maximum atomic E-state index is 12.1. The number of carbonyl (C=O) groups is 3. The average molecular weight is 416 g/mol. The normalized spacial score (nSPS) is 15.0. The minimum absolute atomic E-state index is 0.0335. The lowest BCUT2D eigenvalue weighted by Gasteiger charge is -2.15. The quantitative estimate of drug-likeness (QED) is 0.705. The number of nitrogens with one attached hydrogen (secondary N) is 2. The Morgan fingerprint density at radius 1 is 1.21 bits per heavy atom. The average Bonchev–Trinajstić information content (AvgIpc) is 3.34. The zero-order valence-electron chi connectivity index (χ0n) is 16.6. The topological polar surface area (TPSA) is 97.4 Å². The number of amides is 3. The van der Waals surface area contributed by atoms with Gasteiger partial charge in [0.2, 0.25) is 0 Å². The smallest absolute Gasteiger partial charge is 0.321 e. The van der Waals surface area contributed by atoms with Crippen molar-refractivity contribution in [1.82, 2.24) is 15.6 Å². The van der Waals surface area contributed by atoms with E-state index in [1.165, 1.54) is 23.8 Å². The van der Waals surface area contributed by atoms with Gasteiger partial charge in [0.05, 0.1) is 12.1 Å². The number of ether oxygens (including phenoxy) is 1. The zero-order chi connectivity index (χ0) is 20.8. The second-order valence-corrected chi connectivity index (χ2v) is 8.12. The highest BCUT2D eigenvalue weighted by molar-refractivity contribution is 7.13. The summed E-state index contributed by atoms with van der Waals surface area (Å²) in [5.74, 6) is -1.21. The van der Waals surface area contributed by atoms with Gasteiger partial charge in [0.25, 0.3) is 5.91 Å². The SMILES string of the molecule is Cc1ccc(-c2nc(CC(=O)O[C@@H](C)C(=O)NC(=O)NC3CCCC3)cs2)cc1. The van der Waals surface area contributed by atoms with Gasteiger partial charge in [-0.05, 0) is 26.7 Å². The van der Waals surface area contributed by atoms with Crippen LogP contribution in [-0.2, 0) is 20.7 Å². The number of aromatic nitrogens is 1. The van der Waals surface area contributed by atoms with Crippen LogP contribution in [0, 0.1) is 6.92 Å². The molecule has 2 aromatic rings. The van der Waals surface area contributed by atoms with Crippen LogP contribution in [0.3, 0.4) is 0 Å². The number of nitrogens with zero attached hydrogens (tertiary/aromatic N) is 1. The van der Waals surface area contributed by atoms with E-state index in [2.05, 4.69) is 15.6 Å². The van der Waals surface area contributed by atoms with Crippen LogP contribution in [0.5, 0.6) is 0 Å². The maximum absolute atomic E-state index is 12.1. The van der Waals surface area contributed by atoms with E-state index < -0.39 is 24.0 Å². The lowest BCUT2D eigenvalue weighted by molar-refractivity contribution is -0.153. The van der Waals surface area contributed by atoms with Gasteiger partial charge < -0.3 is 10.1 Å². The largest absolute Gasteiger partial charge is 0.452 e. The molecular formula is C21H25N3O4S. The highest BCUT2D eigenvalue weighted by Crippen LogP contribution is 2.24. The summed E-state index contributed by atoms with van der Waals surface area (Å²) < 4.78 is 5.15. The van der Waals surface area contributed by atoms with Crippen molar-refractivity contribution in [3.8, 4) is 10.6 Å². The summed E-state index contributed by atoms with van der Waals surface area (Å²) in [5, 5.41) is 7.61. The van der Waals surface area contributed by atoms with Crippen LogP contribution in [0.1, 0.15) is 43.9 Å². The van der Waals surface area contributed by atoms with Crippen molar-refractivity contribution in [1.29, 1.82) is 0 Å². The number of thiazole rings is 1. The zero-order valence-corrected chi connectivity index (χ0v) is 17.4. The van der Waals surface area contributed by atoms with Crippen LogP contribution < -0.4 is 10.6 Å². The van der Waals surface area contributed by atoms with Crippen molar-refractivity contribution in [2.24, 2.45) is 0 Å². The molecule has 1 aliphatic carbocycles. The molecule has 0 spiro atoms. The molecule has 1 aromatic carbocycles. The Balaban J connectivity index is 1.46. The summed E-state index contributed by atoms with van der Waals surface area (Å²) in [6, 6.07) is 7.54. The summed E-state index contributed by atoms with van der Waals surface area (Å²) in [5.41, 5.74) is 2.74. The van der Waals surface area contributed by atoms with Gasteiger partial charge in [-0.25, -0.2) is 9.78 Å². The molecule has 1 heterocycles. The second-order valence-electron chi connectivity index (χ2n) is 7.26. The second kappa shape index (κ2) is 9.65. The van der Waals surface area contributed by atoms with E-state index in [1.54, 1.807) is 5.38 Å². The Kier molecular flexibility index (Phi) is 6.98. The number of rotatable bonds is 6. The maximum Gasteiger partial charge on any atom is 0.321 e. The number of aryl methyl sites for hydroxylation is 1. The van der Waals surface area contributed by atoms with E-state index in [-0.39, 0.29) is 12.5 Å². The van der Waals surface area contributed by atoms with Gasteiger partial charge in [-0.2, -0.15) is 0 Å². The fourth-order valence-corrected chi connectivity index (χ4v) is 3.99. The van der Waals surface area contributed by atoms with Crippen molar-refractivity contribution in [3.05, 3.63) is 40.9 Å². The first-order valence-electron chi connectivity index (χ1n) is 9.73. The highest BCUT2D eigenvalue weighted by Gasteiger charge is 2.23. The van der Waals surface area contributed by atoms with E-state index in [1.807, 2.05) is 31.2 Å². The lowest BCUT2D eigenvalue weighted by atomic mass is 10.2. The third-order valence-electron chi connectivity index (χ3n) is 4.78. The van der Waals surface area contributed by atoms with Gasteiger partial charge in [-0.1, -0.05) is 42.7 Å². The molecule has 7 nitrogen and oxygen atoms in total. The standard InChI is InChI=1S/C21H25N3O4S/c1-13-7-9-15(10-8-13)20-22-17(12-29-20)11-18(25)28-14(2)19(26)24-21(27)23-16-5-3-4-6-16/h7-10,12,14,16H,3-6,11H2,1-2H3,(H2,23,24,26,27)/t14-/m0/s1. The lowest BCUT2D eigenvalue weighted by Crippen LogP contribution is -2.47. The van der Waals surface area contributed by atoms with E-state index in [9.17, 15) is 14.4 Å². The predicted octanol–water partition coefficient (Wildman–Crippen LogP) is 3.36. The molecule has 2 N–H and O–H groups in total. The van der Waals surface area contributed by atoms with Gasteiger partial charge in [-0.15, -0.1) is 11.3 Å². The minimum Gasteiger partial charge on any atom is -0.452 e. The summed E-state index contributed by atoms with van der Waals surface area (Å²) in [7, 11) is 0. The van der Waals surface area contributed by atoms with E-state index in [0.717, 1.165) is 36.3 Å². The number of hydrogen-bond donors (Lipinski definition) is 2. The number of imide groups is 1. The van der Waals surface area contributed by atoms with Crippen LogP contribution >= 0.6 is 11.3 Å². The predicted molar refractivity (Wildman–Crippen MR) is 110 cm³/mol. The summed E-state index contributed by atoms with van der Waals surface area (Å²) in [6.07, 6.45) is 2.90. The molecule has 1 atom stereocenters. The van der Waals surface area contributed by atoms with Crippen molar-refractivity contribution in [2.45, 2.75) is 58.1 Å². The Bertz CT molecular complexity index is 872. The van der Waals surface area contributed by atoms with Crippen LogP contribution in [-0.4, -0.2) is 35.0 Å². The molecular weight excluding hydrogens is 390 g/mol. The molecule has 0 saturated heterocycles. The molecule has 0 bridgehead atoms. The first-order chi connectivity index (χ1) is 13.9. The minimum atomic E-state index is -1.06. The van der Waals surface area contributed by atoms with Crippen molar-refractivity contribution in [3.63, 3.8) is 0 Å². The number of benzene rings is 1. The van der Waals surface area contributed by atoms with Crippen LogP contribution in [0.25, 0.3) is 10.6 Å². The molecule has 1 aromatic heterocycles. The number of hydrogen-bond acceptors (Lipinski definition) is 6. The first kappa shape index (κ1) is 21.0. The molecule has 1 fully saturated rings. The molecule has 3 amide bonds. The molecule has 0 unspecified atom stereocenters. The third kappa shape index (κ3) is 6.12. The molecule has 8 heteroatoms. The molecule has 3 rings (SSSR count). The number of esters is 1. The molecule has 0 radical (unpaired) electrons. The van der Waals surface area contributed by atoms with Crippen LogP contribution in [0.4, 0.5) is 4.79 Å². The molecule has 29 heavy (non-hydrogen) atoms. The molecule has 1 aliphatic rings. The van der Waals surface area contributed by atoms with Crippen LogP contribution in [0.15, 0.2) is 29.6 Å². The van der Waals surface area contributed by atoms with Gasteiger partial charge in [0.1, 0.15) is 5.01 Å². The Morgan fingerprint density at radius 2 is 1.90 bits per heavy atom. The Labute approximate surface area is 173 Å². The van der Waals surface area contributed by atoms with E-state index in [0.29, 0.717) is 5.69 Å². The first-order valence-corrected chi connectivity index (χ1v) is 10.6. The Hall–Kier alpha value is -2.74. The fourth-order valence-electron chi connectivity index (χ4n) is 3.16. The summed E-state index contributed by atoms with van der Waals surface area (Å²) in [4.78, 5) is 40.5. The summed E-state index contributed by atoms with van der Waals surface area (Å²) >= 11 is 1.45. The van der Waals surface area contributed by atoms with E-state index >= 15 is 0 Å².